The highest BCUT2D eigenvalue weighted by molar-refractivity contribution is 5.85. The summed E-state index contributed by atoms with van der Waals surface area (Å²) in [5, 5.41) is 11.1. The number of fused-ring (bicyclic) bond motifs is 3. The van der Waals surface area contributed by atoms with Gasteiger partial charge in [-0.2, -0.15) is 0 Å². The zero-order valence-electron chi connectivity index (χ0n) is 18.2. The van der Waals surface area contributed by atoms with Crippen LogP contribution >= 0.6 is 0 Å². The van der Waals surface area contributed by atoms with Crippen LogP contribution in [0.25, 0.3) is 0 Å². The number of allylic oxidation sites excluding steroid dienone is 2. The smallest absolute Gasteiger partial charge is 0.316 e. The monoisotopic (exact) mass is 398 g/mol. The van der Waals surface area contributed by atoms with E-state index in [1.165, 1.54) is 5.57 Å². The third-order valence-electron chi connectivity index (χ3n) is 7.39. The maximum absolute atomic E-state index is 12.9. The van der Waals surface area contributed by atoms with Crippen molar-refractivity contribution < 1.29 is 19.4 Å². The Hall–Kier alpha value is -1.97. The van der Waals surface area contributed by atoms with Crippen molar-refractivity contribution in [3.63, 3.8) is 0 Å². The molecule has 1 fully saturated rings. The molecular weight excluding hydrogens is 364 g/mol. The molecule has 4 rings (SSSR count). The fourth-order valence-corrected chi connectivity index (χ4v) is 5.43. The number of carbonyl (C=O) groups is 1. The lowest BCUT2D eigenvalue weighted by molar-refractivity contribution is -0.154. The largest absolute Gasteiger partial charge is 0.508 e. The van der Waals surface area contributed by atoms with E-state index in [9.17, 15) is 9.90 Å². The zero-order valence-corrected chi connectivity index (χ0v) is 18.2. The van der Waals surface area contributed by atoms with Crippen molar-refractivity contribution in [1.82, 2.24) is 0 Å². The highest BCUT2D eigenvalue weighted by atomic mass is 16.5. The van der Waals surface area contributed by atoms with E-state index in [4.69, 9.17) is 9.47 Å². The average Bonchev–Trinajstić information content (AvgIpc) is 2.59. The van der Waals surface area contributed by atoms with Gasteiger partial charge < -0.3 is 14.6 Å². The van der Waals surface area contributed by atoms with Crippen molar-refractivity contribution in [3.05, 3.63) is 34.9 Å². The first kappa shape index (κ1) is 20.3. The normalized spacial score (nSPS) is 26.3. The lowest BCUT2D eigenvalue weighted by Gasteiger charge is -2.48. The highest BCUT2D eigenvalue weighted by Crippen LogP contribution is 2.56. The molecule has 1 aliphatic heterocycles. The fraction of sp³-hybridized carbons (Fsp3) is 0.640. The van der Waals surface area contributed by atoms with Crippen molar-refractivity contribution in [3.8, 4) is 11.5 Å². The van der Waals surface area contributed by atoms with Gasteiger partial charge in [0.25, 0.3) is 0 Å². The van der Waals surface area contributed by atoms with Gasteiger partial charge in [-0.05, 0) is 70.6 Å². The Balaban J connectivity index is 1.71. The van der Waals surface area contributed by atoms with Crippen molar-refractivity contribution in [2.24, 2.45) is 5.92 Å². The van der Waals surface area contributed by atoms with E-state index in [1.807, 2.05) is 12.1 Å². The van der Waals surface area contributed by atoms with Gasteiger partial charge in [-0.25, -0.2) is 0 Å². The molecule has 29 heavy (non-hydrogen) atoms. The maximum atomic E-state index is 12.9. The quantitative estimate of drug-likeness (QED) is 0.389. The van der Waals surface area contributed by atoms with Crippen LogP contribution in [-0.4, -0.2) is 23.3 Å². The van der Waals surface area contributed by atoms with Crippen molar-refractivity contribution in [1.29, 1.82) is 0 Å². The number of ether oxygens (including phenoxy) is 2. The lowest BCUT2D eigenvalue weighted by atomic mass is 9.63. The summed E-state index contributed by atoms with van der Waals surface area (Å²) in [7, 11) is 0. The van der Waals surface area contributed by atoms with Crippen LogP contribution in [-0.2, 0) is 14.9 Å². The predicted molar refractivity (Wildman–Crippen MR) is 113 cm³/mol. The van der Waals surface area contributed by atoms with Crippen molar-refractivity contribution >= 4 is 5.97 Å². The molecule has 3 aliphatic rings. The summed E-state index contributed by atoms with van der Waals surface area (Å²) in [6.45, 7) is 9.00. The second kappa shape index (κ2) is 7.37. The van der Waals surface area contributed by atoms with Crippen LogP contribution in [0.2, 0.25) is 0 Å². The SMILES string of the molecule is CCCCOC(=O)C1(c2cc(O)c3c(c2)OC(C)(C)[C@@H]2CC=C(C)C[C@@H]32)CCC1. The standard InChI is InChI=1S/C25H34O4/c1-5-6-12-28-23(27)25(10-7-11-25)17-14-20(26)22-18-13-16(2)8-9-19(18)24(3,4)29-21(22)15-17/h8,14-15,18-19,26H,5-7,9-13H2,1-4H3/t18-,19-/m1/s1. The van der Waals surface area contributed by atoms with Crippen molar-refractivity contribution in [2.75, 3.05) is 6.61 Å². The van der Waals surface area contributed by atoms with E-state index in [2.05, 4.69) is 33.8 Å². The molecule has 0 unspecified atom stereocenters. The summed E-state index contributed by atoms with van der Waals surface area (Å²) in [6, 6.07) is 3.83. The number of phenolic OH excluding ortho intramolecular Hbond substituents is 1. The van der Waals surface area contributed by atoms with Crippen LogP contribution in [0.15, 0.2) is 23.8 Å². The van der Waals surface area contributed by atoms with Crippen LogP contribution in [0.3, 0.4) is 0 Å². The van der Waals surface area contributed by atoms with Gasteiger partial charge in [0, 0.05) is 17.4 Å². The number of aromatic hydroxyl groups is 1. The Labute approximate surface area is 174 Å². The van der Waals surface area contributed by atoms with Gasteiger partial charge in [-0.15, -0.1) is 0 Å². The summed E-state index contributed by atoms with van der Waals surface area (Å²) in [4.78, 5) is 12.9. The topological polar surface area (TPSA) is 55.8 Å². The van der Waals surface area contributed by atoms with Gasteiger partial charge in [0.05, 0.1) is 12.0 Å². The molecule has 1 N–H and O–H groups in total. The van der Waals surface area contributed by atoms with Crippen LogP contribution in [0, 0.1) is 5.92 Å². The number of hydrogen-bond acceptors (Lipinski definition) is 4. The zero-order chi connectivity index (χ0) is 20.8. The van der Waals surface area contributed by atoms with Gasteiger partial charge in [0.2, 0.25) is 0 Å². The molecule has 0 saturated heterocycles. The fourth-order valence-electron chi connectivity index (χ4n) is 5.43. The second-order valence-corrected chi connectivity index (χ2v) is 9.74. The number of carbonyl (C=O) groups excluding carboxylic acids is 1. The molecule has 0 amide bonds. The van der Waals surface area contributed by atoms with E-state index in [0.717, 1.165) is 61.8 Å². The van der Waals surface area contributed by atoms with E-state index in [-0.39, 0.29) is 23.2 Å². The number of unbranched alkanes of at least 4 members (excludes halogenated alkanes) is 1. The van der Waals surface area contributed by atoms with Crippen LogP contribution in [0.5, 0.6) is 11.5 Å². The summed E-state index contributed by atoms with van der Waals surface area (Å²) in [5.41, 5.74) is 2.19. The third kappa shape index (κ3) is 3.35. The first-order valence-electron chi connectivity index (χ1n) is 11.2. The van der Waals surface area contributed by atoms with E-state index in [1.54, 1.807) is 0 Å². The summed E-state index contributed by atoms with van der Waals surface area (Å²) >= 11 is 0. The lowest BCUT2D eigenvalue weighted by Crippen LogP contribution is -2.46. The van der Waals surface area contributed by atoms with Gasteiger partial charge in [0.15, 0.2) is 0 Å². The predicted octanol–water partition coefficient (Wildman–Crippen LogP) is 5.77. The summed E-state index contributed by atoms with van der Waals surface area (Å²) < 4.78 is 12.0. The minimum Gasteiger partial charge on any atom is -0.508 e. The minimum absolute atomic E-state index is 0.152. The molecule has 2 aliphatic carbocycles. The van der Waals surface area contributed by atoms with Gasteiger partial charge >= 0.3 is 5.97 Å². The van der Waals surface area contributed by atoms with Gasteiger partial charge in [0.1, 0.15) is 17.1 Å². The maximum Gasteiger partial charge on any atom is 0.316 e. The molecule has 4 heteroatoms. The third-order valence-corrected chi connectivity index (χ3v) is 7.39. The molecule has 2 atom stereocenters. The second-order valence-electron chi connectivity index (χ2n) is 9.74. The molecular formula is C25H34O4. The van der Waals surface area contributed by atoms with E-state index in [0.29, 0.717) is 12.5 Å². The molecule has 1 aromatic carbocycles. The minimum atomic E-state index is -0.632. The first-order valence-corrected chi connectivity index (χ1v) is 11.2. The highest BCUT2D eigenvalue weighted by Gasteiger charge is 2.50. The number of rotatable bonds is 5. The Kier molecular flexibility index (Phi) is 5.16. The van der Waals surface area contributed by atoms with E-state index < -0.39 is 5.41 Å². The number of benzene rings is 1. The van der Waals surface area contributed by atoms with Crippen molar-refractivity contribution in [2.45, 2.75) is 89.6 Å². The van der Waals surface area contributed by atoms with Crippen LogP contribution in [0.4, 0.5) is 0 Å². The average molecular weight is 399 g/mol. The molecule has 0 spiro atoms. The van der Waals surface area contributed by atoms with Gasteiger partial charge in [-0.3, -0.25) is 4.79 Å². The Bertz CT molecular complexity index is 831. The molecule has 1 heterocycles. The molecule has 4 nitrogen and oxygen atoms in total. The Morgan fingerprint density at radius 1 is 1.31 bits per heavy atom. The molecule has 158 valence electrons. The van der Waals surface area contributed by atoms with Gasteiger partial charge in [-0.1, -0.05) is 31.4 Å². The van der Waals surface area contributed by atoms with Crippen LogP contribution in [0.1, 0.15) is 89.7 Å². The number of phenols is 1. The summed E-state index contributed by atoms with van der Waals surface area (Å²) in [6.07, 6.45) is 8.64. The number of hydrogen-bond donors (Lipinski definition) is 1. The Morgan fingerprint density at radius 3 is 2.72 bits per heavy atom. The molecule has 0 aromatic heterocycles. The summed E-state index contributed by atoms with van der Waals surface area (Å²) in [5.74, 6) is 1.45. The van der Waals surface area contributed by atoms with Crippen LogP contribution < -0.4 is 4.74 Å². The number of esters is 1. The molecule has 1 saturated carbocycles. The van der Waals surface area contributed by atoms with E-state index >= 15 is 0 Å². The molecule has 1 aromatic rings. The molecule has 0 bridgehead atoms. The molecule has 0 radical (unpaired) electrons. The Morgan fingerprint density at radius 2 is 2.07 bits per heavy atom. The first-order chi connectivity index (χ1) is 13.8.